The van der Waals surface area contributed by atoms with Crippen LogP contribution >= 0.6 is 0 Å². The number of hydrogen-bond acceptors (Lipinski definition) is 8. The first-order valence-corrected chi connectivity index (χ1v) is 17.1. The van der Waals surface area contributed by atoms with Gasteiger partial charge in [0.15, 0.2) is 0 Å². The highest BCUT2D eigenvalue weighted by molar-refractivity contribution is 6.03. The van der Waals surface area contributed by atoms with Crippen molar-refractivity contribution in [3.05, 3.63) is 49.6 Å². The van der Waals surface area contributed by atoms with Gasteiger partial charge in [0.2, 0.25) is 17.7 Å². The molecule has 1 N–H and O–H groups in total. The molecule has 3 amide bonds. The van der Waals surface area contributed by atoms with Crippen LogP contribution in [0.15, 0.2) is 49.6 Å². The number of fused-ring (bicyclic) bond motifs is 1. The van der Waals surface area contributed by atoms with Crippen molar-refractivity contribution in [2.75, 3.05) is 70.6 Å². The Balaban J connectivity index is 1.54. The summed E-state index contributed by atoms with van der Waals surface area (Å²) in [6.45, 7) is 20.3. The van der Waals surface area contributed by atoms with Gasteiger partial charge < -0.3 is 34.0 Å². The number of morpholine rings is 1. The molecule has 0 aromatic heterocycles. The molecule has 0 saturated carbocycles. The molecule has 7 atom stereocenters. The van der Waals surface area contributed by atoms with Gasteiger partial charge in [-0.1, -0.05) is 26.0 Å². The molecule has 0 radical (unpaired) electrons. The monoisotopic (exact) mass is 652 g/mol. The van der Waals surface area contributed by atoms with E-state index in [-0.39, 0.29) is 36.8 Å². The van der Waals surface area contributed by atoms with Crippen LogP contribution in [0.4, 0.5) is 5.69 Å². The Kier molecular flexibility index (Phi) is 10.8. The Morgan fingerprint density at radius 1 is 1.13 bits per heavy atom. The summed E-state index contributed by atoms with van der Waals surface area (Å²) in [7, 11) is 0. The number of aliphatic hydroxyl groups excluding tert-OH is 1. The topological polar surface area (TPSA) is 112 Å². The zero-order valence-corrected chi connectivity index (χ0v) is 28.4. The lowest BCUT2D eigenvalue weighted by Crippen LogP contribution is -2.59. The van der Waals surface area contributed by atoms with Crippen molar-refractivity contribution in [1.82, 2.24) is 14.7 Å². The molecule has 11 heteroatoms. The van der Waals surface area contributed by atoms with Gasteiger partial charge in [0, 0.05) is 45.0 Å². The van der Waals surface area contributed by atoms with E-state index in [0.717, 1.165) is 13.1 Å². The van der Waals surface area contributed by atoms with E-state index in [1.54, 1.807) is 26.9 Å². The highest BCUT2D eigenvalue weighted by Gasteiger charge is 2.80. The molecular formula is C36H52N4O7. The number of carbonyl (C=O) groups is 3. The maximum absolute atomic E-state index is 14.8. The van der Waals surface area contributed by atoms with Crippen LogP contribution in [-0.2, 0) is 23.9 Å². The van der Waals surface area contributed by atoms with Gasteiger partial charge in [-0.3, -0.25) is 19.3 Å². The lowest BCUT2D eigenvalue weighted by atomic mass is 9.62. The van der Waals surface area contributed by atoms with Crippen LogP contribution < -0.4 is 9.64 Å². The second-order valence-corrected chi connectivity index (χ2v) is 13.4. The molecule has 1 aromatic rings. The van der Waals surface area contributed by atoms with Crippen LogP contribution in [0, 0.1) is 17.8 Å². The number of carbonyl (C=O) groups excluding carboxylic acids is 3. The van der Waals surface area contributed by atoms with Gasteiger partial charge in [-0.2, -0.15) is 0 Å². The minimum absolute atomic E-state index is 0.114. The molecule has 4 saturated heterocycles. The standard InChI is InChI=1S/C36H52N4O7/c1-7-15-38(18-17-37-19-21-45-22-20-37)34(44)31-36-23-25(5)35(6,47-36)29(30(36)33(43)40(31)26(9-3)24-41)32(42)39(16-8-2)27-11-13-28(14-12-27)46-10-4/h7-8,11-14,25-26,29-31,41H,1-2,9-10,15-24H2,3-6H3/t25?,26-,29-,30-,31?,35+,36?/m0/s1. The highest BCUT2D eigenvalue weighted by Crippen LogP contribution is 2.66. The Morgan fingerprint density at radius 2 is 1.81 bits per heavy atom. The first-order valence-electron chi connectivity index (χ1n) is 17.1. The van der Waals surface area contributed by atoms with Gasteiger partial charge in [-0.25, -0.2) is 0 Å². The lowest BCUT2D eigenvalue weighted by molar-refractivity contribution is -0.155. The van der Waals surface area contributed by atoms with E-state index >= 15 is 0 Å². The summed E-state index contributed by atoms with van der Waals surface area (Å²) in [6.07, 6.45) is 4.27. The van der Waals surface area contributed by atoms with E-state index in [1.807, 2.05) is 52.0 Å². The van der Waals surface area contributed by atoms with Crippen molar-refractivity contribution in [1.29, 1.82) is 0 Å². The number of aliphatic hydroxyl groups is 1. The Labute approximate surface area is 279 Å². The Hall–Kier alpha value is -3.25. The average molecular weight is 653 g/mol. The SMILES string of the molecule is C=CCN(CCN1CCOCC1)C(=O)C1N([C@@H](CC)CO)C(=O)[C@@H]2[C@@H](C(=O)N(CC=C)c3ccc(OCC)cc3)[C@]3(C)OC12CC3C. The molecule has 5 rings (SSSR count). The van der Waals surface area contributed by atoms with Crippen molar-refractivity contribution in [2.24, 2.45) is 17.8 Å². The molecule has 11 nitrogen and oxygen atoms in total. The van der Waals surface area contributed by atoms with Crippen LogP contribution in [0.25, 0.3) is 0 Å². The number of hydrogen-bond donors (Lipinski definition) is 1. The predicted octanol–water partition coefficient (Wildman–Crippen LogP) is 2.73. The largest absolute Gasteiger partial charge is 0.494 e. The summed E-state index contributed by atoms with van der Waals surface area (Å²) < 4.78 is 18.1. The molecule has 1 spiro atoms. The minimum atomic E-state index is -1.22. The fourth-order valence-corrected chi connectivity index (χ4v) is 8.35. The van der Waals surface area contributed by atoms with E-state index in [4.69, 9.17) is 14.2 Å². The molecule has 4 aliphatic rings. The van der Waals surface area contributed by atoms with Crippen LogP contribution in [0.5, 0.6) is 5.75 Å². The molecule has 2 bridgehead atoms. The van der Waals surface area contributed by atoms with E-state index in [1.165, 1.54) is 0 Å². The third kappa shape index (κ3) is 6.11. The zero-order valence-electron chi connectivity index (χ0n) is 28.4. The summed E-state index contributed by atoms with van der Waals surface area (Å²) in [5.41, 5.74) is -1.55. The van der Waals surface area contributed by atoms with Crippen molar-refractivity contribution in [3.8, 4) is 5.75 Å². The summed E-state index contributed by atoms with van der Waals surface area (Å²) >= 11 is 0. The Bertz CT molecular complexity index is 1310. The summed E-state index contributed by atoms with van der Waals surface area (Å²) in [6, 6.07) is 5.72. The van der Waals surface area contributed by atoms with Gasteiger partial charge in [0.25, 0.3) is 0 Å². The van der Waals surface area contributed by atoms with E-state index in [9.17, 15) is 19.5 Å². The van der Waals surface area contributed by atoms with Gasteiger partial charge in [0.05, 0.1) is 49.9 Å². The molecule has 0 aliphatic carbocycles. The summed E-state index contributed by atoms with van der Waals surface area (Å²) in [5.74, 6) is -1.94. The number of nitrogens with zero attached hydrogens (tertiary/aromatic N) is 4. The van der Waals surface area contributed by atoms with Gasteiger partial charge >= 0.3 is 0 Å². The maximum atomic E-state index is 14.8. The lowest BCUT2D eigenvalue weighted by Gasteiger charge is -2.40. The molecule has 258 valence electrons. The van der Waals surface area contributed by atoms with Crippen molar-refractivity contribution >= 4 is 23.4 Å². The third-order valence-corrected chi connectivity index (χ3v) is 10.8. The number of ether oxygens (including phenoxy) is 3. The van der Waals surface area contributed by atoms with Crippen LogP contribution in [0.2, 0.25) is 0 Å². The summed E-state index contributed by atoms with van der Waals surface area (Å²) in [5, 5.41) is 10.5. The van der Waals surface area contributed by atoms with Crippen molar-refractivity contribution in [3.63, 3.8) is 0 Å². The average Bonchev–Trinajstić information content (AvgIpc) is 3.59. The fraction of sp³-hybridized carbons (Fsp3) is 0.639. The van der Waals surface area contributed by atoms with Crippen LogP contribution in [0.1, 0.15) is 40.5 Å². The van der Waals surface area contributed by atoms with Gasteiger partial charge in [-0.05, 0) is 56.9 Å². The molecule has 4 fully saturated rings. The molecular weight excluding hydrogens is 600 g/mol. The van der Waals surface area contributed by atoms with Crippen molar-refractivity contribution < 1.29 is 33.7 Å². The zero-order chi connectivity index (χ0) is 33.9. The first kappa shape index (κ1) is 35.1. The first-order chi connectivity index (χ1) is 22.6. The normalized spacial score (nSPS) is 30.6. The predicted molar refractivity (Wildman–Crippen MR) is 179 cm³/mol. The molecule has 47 heavy (non-hydrogen) atoms. The van der Waals surface area contributed by atoms with E-state index in [2.05, 4.69) is 18.1 Å². The highest BCUT2D eigenvalue weighted by atomic mass is 16.5. The van der Waals surface area contributed by atoms with E-state index in [0.29, 0.717) is 63.7 Å². The molecule has 3 unspecified atom stereocenters. The number of anilines is 1. The quantitative estimate of drug-likeness (QED) is 0.288. The molecule has 4 aliphatic heterocycles. The smallest absolute Gasteiger partial charge is 0.248 e. The number of rotatable bonds is 15. The third-order valence-electron chi connectivity index (χ3n) is 10.8. The number of benzene rings is 1. The van der Waals surface area contributed by atoms with Gasteiger partial charge in [-0.15, -0.1) is 13.2 Å². The minimum Gasteiger partial charge on any atom is -0.494 e. The molecule has 1 aromatic carbocycles. The second-order valence-electron chi connectivity index (χ2n) is 13.4. The van der Waals surface area contributed by atoms with Gasteiger partial charge in [0.1, 0.15) is 17.4 Å². The fourth-order valence-electron chi connectivity index (χ4n) is 8.35. The maximum Gasteiger partial charge on any atom is 0.248 e. The van der Waals surface area contributed by atoms with Crippen molar-refractivity contribution in [2.45, 2.75) is 63.8 Å². The van der Waals surface area contributed by atoms with Crippen LogP contribution in [0.3, 0.4) is 0 Å². The van der Waals surface area contributed by atoms with E-state index < -0.39 is 35.1 Å². The second kappa shape index (κ2) is 14.5. The number of likely N-dealkylation sites (tertiary alicyclic amines) is 1. The molecule has 4 heterocycles. The Morgan fingerprint density at radius 3 is 2.40 bits per heavy atom. The summed E-state index contributed by atoms with van der Waals surface area (Å²) in [4.78, 5) is 51.6. The number of amides is 3. The van der Waals surface area contributed by atoms with Crippen LogP contribution in [-0.4, -0.2) is 127 Å².